The van der Waals surface area contributed by atoms with Crippen molar-refractivity contribution in [1.29, 1.82) is 31.6 Å². The molecule has 6 nitrogen and oxygen atoms in total. The fourth-order valence-corrected chi connectivity index (χ4v) is 3.37. The average molecular weight is 519 g/mol. The van der Waals surface area contributed by atoms with Crippen molar-refractivity contribution in [2.75, 3.05) is 0 Å². The molecule has 0 heterocycles. The van der Waals surface area contributed by atoms with Gasteiger partial charge in [0.25, 0.3) is 0 Å². The summed E-state index contributed by atoms with van der Waals surface area (Å²) in [6, 6.07) is 12.7. The molecule has 0 aromatic carbocycles. The van der Waals surface area contributed by atoms with Gasteiger partial charge in [-0.15, -0.1) is 0 Å². The zero-order valence-corrected chi connectivity index (χ0v) is 23.2. The monoisotopic (exact) mass is 518 g/mol. The maximum absolute atomic E-state index is 8.58. The topological polar surface area (TPSA) is 143 Å². The molecule has 0 amide bonds. The molecule has 6 heteroatoms. The first-order valence-electron chi connectivity index (χ1n) is 12.5. The summed E-state index contributed by atoms with van der Waals surface area (Å²) in [4.78, 5) is 0. The Hall–Kier alpha value is -3.84. The lowest BCUT2D eigenvalue weighted by Crippen LogP contribution is -2.16. The van der Waals surface area contributed by atoms with E-state index in [2.05, 4.69) is 43.0 Å². The summed E-state index contributed by atoms with van der Waals surface area (Å²) < 4.78 is 0. The van der Waals surface area contributed by atoms with E-state index in [4.69, 9.17) is 31.6 Å². The Labute approximate surface area is 234 Å². The van der Waals surface area contributed by atoms with E-state index in [-0.39, 0.29) is 20.3 Å². The molecule has 0 aromatic rings. The van der Waals surface area contributed by atoms with Crippen LogP contribution in [0.1, 0.15) is 127 Å². The van der Waals surface area contributed by atoms with Crippen molar-refractivity contribution in [2.24, 2.45) is 5.41 Å². The lowest BCUT2D eigenvalue weighted by molar-refractivity contribution is 0.387. The molecule has 0 saturated heterocycles. The molecule has 0 bridgehead atoms. The summed E-state index contributed by atoms with van der Waals surface area (Å²) in [5.41, 5.74) is 5.25. The molecule has 38 heavy (non-hydrogen) atoms. The van der Waals surface area contributed by atoms with Gasteiger partial charge in [-0.1, -0.05) is 90.8 Å². The van der Waals surface area contributed by atoms with Crippen LogP contribution in [0.5, 0.6) is 0 Å². The Morgan fingerprint density at radius 1 is 0.526 bits per heavy atom. The third-order valence-corrected chi connectivity index (χ3v) is 6.27. The summed E-state index contributed by atoms with van der Waals surface area (Å²) in [5, 5.41) is 51.1. The van der Waals surface area contributed by atoms with Crippen molar-refractivity contribution < 1.29 is 0 Å². The highest BCUT2D eigenvalue weighted by molar-refractivity contribution is 5.21. The standard InChI is InChI=1S/3C10H14N2.2CH4/c1-4-10(3,6-8-12)9(2)5-7-11;2*1-3-9(5-7-11)10(4-2)6-8-12;;/h2,4-6H2,1,3H3;2*3-6H2,1-2H3;2*1H4/b;10-9+;10-9-;;. The minimum Gasteiger partial charge on any atom is -0.198 e. The third kappa shape index (κ3) is 19.4. The van der Waals surface area contributed by atoms with Gasteiger partial charge in [0.15, 0.2) is 0 Å². The molecule has 208 valence electrons. The molecule has 0 rings (SSSR count). The minimum absolute atomic E-state index is 0. The molecule has 0 radical (unpaired) electrons. The van der Waals surface area contributed by atoms with Crippen LogP contribution in [0.4, 0.5) is 0 Å². The van der Waals surface area contributed by atoms with Crippen molar-refractivity contribution in [3.05, 3.63) is 34.4 Å². The fourth-order valence-electron chi connectivity index (χ4n) is 3.37. The first-order chi connectivity index (χ1) is 17.2. The van der Waals surface area contributed by atoms with Gasteiger partial charge >= 0.3 is 0 Å². The first-order valence-corrected chi connectivity index (χ1v) is 12.5. The highest BCUT2D eigenvalue weighted by atomic mass is 14.3. The Balaban J connectivity index is -0.000000140. The van der Waals surface area contributed by atoms with E-state index < -0.39 is 0 Å². The lowest BCUT2D eigenvalue weighted by Gasteiger charge is -2.26. The van der Waals surface area contributed by atoms with Gasteiger partial charge in [-0.05, 0) is 32.1 Å². The van der Waals surface area contributed by atoms with Gasteiger partial charge in [-0.3, -0.25) is 0 Å². The molecule has 0 aliphatic carbocycles. The number of nitrogens with zero attached hydrogens (tertiary/aromatic N) is 6. The van der Waals surface area contributed by atoms with Crippen molar-refractivity contribution in [2.45, 2.75) is 127 Å². The van der Waals surface area contributed by atoms with Crippen LogP contribution >= 0.6 is 0 Å². The molecule has 0 aliphatic heterocycles. The summed E-state index contributed by atoms with van der Waals surface area (Å²) in [7, 11) is 0. The van der Waals surface area contributed by atoms with Crippen LogP contribution in [0.2, 0.25) is 0 Å². The summed E-state index contributed by atoms with van der Waals surface area (Å²) in [6.07, 6.45) is 7.11. The van der Waals surface area contributed by atoms with Crippen molar-refractivity contribution in [1.82, 2.24) is 0 Å². The Morgan fingerprint density at radius 3 is 0.947 bits per heavy atom. The third-order valence-electron chi connectivity index (χ3n) is 6.27. The Bertz CT molecular complexity index is 868. The maximum Gasteiger partial charge on any atom is 0.0666 e. The summed E-state index contributed by atoms with van der Waals surface area (Å²) in [5.74, 6) is 0. The summed E-state index contributed by atoms with van der Waals surface area (Å²) in [6.45, 7) is 15.9. The molecular weight excluding hydrogens is 468 g/mol. The van der Waals surface area contributed by atoms with E-state index in [0.29, 0.717) is 38.5 Å². The van der Waals surface area contributed by atoms with Gasteiger partial charge in [-0.2, -0.15) is 31.6 Å². The maximum atomic E-state index is 8.58. The van der Waals surface area contributed by atoms with Gasteiger partial charge in [-0.25, -0.2) is 0 Å². The second kappa shape index (κ2) is 29.4. The van der Waals surface area contributed by atoms with E-state index in [0.717, 1.165) is 60.0 Å². The van der Waals surface area contributed by atoms with E-state index >= 15 is 0 Å². The van der Waals surface area contributed by atoms with Crippen LogP contribution in [0.25, 0.3) is 0 Å². The van der Waals surface area contributed by atoms with Crippen LogP contribution in [0.15, 0.2) is 34.4 Å². The Morgan fingerprint density at radius 2 is 0.789 bits per heavy atom. The van der Waals surface area contributed by atoms with E-state index in [1.807, 2.05) is 41.5 Å². The highest BCUT2D eigenvalue weighted by Crippen LogP contribution is 2.34. The van der Waals surface area contributed by atoms with E-state index in [1.54, 1.807) is 0 Å². The van der Waals surface area contributed by atoms with Gasteiger partial charge in [0.1, 0.15) is 0 Å². The lowest BCUT2D eigenvalue weighted by atomic mass is 9.77. The molecular formula is C32H50N6. The van der Waals surface area contributed by atoms with Gasteiger partial charge in [0.05, 0.1) is 68.5 Å². The largest absolute Gasteiger partial charge is 0.198 e. The van der Waals surface area contributed by atoms with Crippen LogP contribution in [-0.4, -0.2) is 0 Å². The van der Waals surface area contributed by atoms with Crippen LogP contribution < -0.4 is 0 Å². The average Bonchev–Trinajstić information content (AvgIpc) is 2.89. The van der Waals surface area contributed by atoms with Crippen LogP contribution in [-0.2, 0) is 0 Å². The number of hydrogen-bond acceptors (Lipinski definition) is 6. The molecule has 1 unspecified atom stereocenters. The predicted molar refractivity (Wildman–Crippen MR) is 158 cm³/mol. The van der Waals surface area contributed by atoms with Gasteiger partial charge in [0, 0.05) is 11.8 Å². The minimum atomic E-state index is -0.176. The smallest absolute Gasteiger partial charge is 0.0666 e. The second-order valence-electron chi connectivity index (χ2n) is 8.36. The van der Waals surface area contributed by atoms with Crippen LogP contribution in [0, 0.1) is 73.4 Å². The normalized spacial score (nSPS) is 11.6. The van der Waals surface area contributed by atoms with Crippen molar-refractivity contribution in [3.63, 3.8) is 0 Å². The number of hydrogen-bond donors (Lipinski definition) is 0. The SMILES string of the molecule is C.C.C=C(CC#N)C(C)(CC)CC#N.CC/C(CC#N)=C(/CC)CC#N.CC/C(CC#N)=C(\CC)CC#N. The van der Waals surface area contributed by atoms with E-state index in [1.165, 1.54) is 0 Å². The number of rotatable bonds is 12. The molecule has 0 aromatic heterocycles. The van der Waals surface area contributed by atoms with Crippen molar-refractivity contribution >= 4 is 0 Å². The molecule has 0 N–H and O–H groups in total. The number of nitriles is 6. The molecule has 0 fully saturated rings. The zero-order valence-electron chi connectivity index (χ0n) is 23.2. The van der Waals surface area contributed by atoms with E-state index in [9.17, 15) is 0 Å². The predicted octanol–water partition coefficient (Wildman–Crippen LogP) is 9.92. The second-order valence-corrected chi connectivity index (χ2v) is 8.36. The van der Waals surface area contributed by atoms with Crippen LogP contribution in [0.3, 0.4) is 0 Å². The molecule has 1 atom stereocenters. The highest BCUT2D eigenvalue weighted by Gasteiger charge is 2.24. The summed E-state index contributed by atoms with van der Waals surface area (Å²) >= 11 is 0. The number of allylic oxidation sites excluding steroid dienone is 5. The molecule has 0 aliphatic rings. The van der Waals surface area contributed by atoms with Crippen molar-refractivity contribution in [3.8, 4) is 36.4 Å². The first kappa shape index (κ1) is 44.2. The fraction of sp³-hybridized carbons (Fsp3) is 0.625. The van der Waals surface area contributed by atoms with Gasteiger partial charge < -0.3 is 0 Å². The zero-order chi connectivity index (χ0) is 28.4. The van der Waals surface area contributed by atoms with Gasteiger partial charge in [0.2, 0.25) is 0 Å². The quantitative estimate of drug-likeness (QED) is 0.235. The molecule has 0 saturated carbocycles. The molecule has 0 spiro atoms. The Kier molecular flexibility index (Phi) is 34.2.